The van der Waals surface area contributed by atoms with Crippen LogP contribution in [0.5, 0.6) is 0 Å². The van der Waals surface area contributed by atoms with Crippen molar-refractivity contribution in [2.24, 2.45) is 0 Å². The molecule has 1 saturated carbocycles. The molecular weight excluding hydrogens is 257 g/mol. The van der Waals surface area contributed by atoms with E-state index in [0.29, 0.717) is 5.02 Å². The molecule has 1 aliphatic carbocycles. The number of hydrogen-bond acceptors (Lipinski definition) is 2. The van der Waals surface area contributed by atoms with Gasteiger partial charge in [-0.15, -0.1) is 5.10 Å². The van der Waals surface area contributed by atoms with Crippen LogP contribution in [0.15, 0.2) is 12.3 Å². The second-order valence-electron chi connectivity index (χ2n) is 4.69. The third-order valence-electron chi connectivity index (χ3n) is 3.97. The highest BCUT2D eigenvalue weighted by molar-refractivity contribution is 6.34. The largest absolute Gasteiger partial charge is 0.241 e. The Bertz CT molecular complexity index is 567. The van der Waals surface area contributed by atoms with Gasteiger partial charge in [-0.2, -0.15) is 0 Å². The maximum absolute atomic E-state index is 6.23. The summed E-state index contributed by atoms with van der Waals surface area (Å²) in [7, 11) is 0. The molecule has 1 aliphatic rings. The van der Waals surface area contributed by atoms with Gasteiger partial charge in [0.25, 0.3) is 0 Å². The van der Waals surface area contributed by atoms with E-state index in [4.69, 9.17) is 23.2 Å². The minimum Gasteiger partial charge on any atom is -0.231 e. The summed E-state index contributed by atoms with van der Waals surface area (Å²) in [5.41, 5.74) is 2.25. The minimum atomic E-state index is 0.230. The predicted molar refractivity (Wildman–Crippen MR) is 68.8 cm³/mol. The van der Waals surface area contributed by atoms with E-state index in [1.54, 1.807) is 6.20 Å². The van der Waals surface area contributed by atoms with E-state index in [1.807, 2.05) is 10.6 Å². The summed E-state index contributed by atoms with van der Waals surface area (Å²) in [6.07, 6.45) is 6.47. The van der Waals surface area contributed by atoms with Crippen molar-refractivity contribution in [1.82, 2.24) is 14.6 Å². The molecule has 0 N–H and O–H groups in total. The van der Waals surface area contributed by atoms with Gasteiger partial charge in [-0.05, 0) is 36.9 Å². The maximum Gasteiger partial charge on any atom is 0.241 e. The van der Waals surface area contributed by atoms with E-state index in [1.165, 1.54) is 25.0 Å². The van der Waals surface area contributed by atoms with Crippen molar-refractivity contribution < 1.29 is 0 Å². The van der Waals surface area contributed by atoms with Crippen LogP contribution in [0.4, 0.5) is 0 Å². The average molecular weight is 270 g/mol. The molecule has 17 heavy (non-hydrogen) atoms. The molecule has 0 saturated heterocycles. The van der Waals surface area contributed by atoms with Crippen molar-refractivity contribution in [2.45, 2.75) is 38.0 Å². The van der Waals surface area contributed by atoms with Crippen LogP contribution in [0, 0.1) is 0 Å². The van der Waals surface area contributed by atoms with E-state index in [-0.39, 0.29) is 10.7 Å². The Morgan fingerprint density at radius 2 is 2.18 bits per heavy atom. The van der Waals surface area contributed by atoms with Gasteiger partial charge in [0.1, 0.15) is 5.52 Å². The summed E-state index contributed by atoms with van der Waals surface area (Å²) < 4.78 is 1.86. The van der Waals surface area contributed by atoms with E-state index in [2.05, 4.69) is 17.0 Å². The Labute approximate surface area is 110 Å². The van der Waals surface area contributed by atoms with Crippen molar-refractivity contribution in [3.63, 3.8) is 0 Å². The molecule has 2 aromatic heterocycles. The Morgan fingerprint density at radius 1 is 1.41 bits per heavy atom. The van der Waals surface area contributed by atoms with Crippen LogP contribution in [0.3, 0.4) is 0 Å². The fourth-order valence-electron chi connectivity index (χ4n) is 2.70. The second-order valence-corrected chi connectivity index (χ2v) is 5.43. The zero-order valence-corrected chi connectivity index (χ0v) is 11.1. The lowest BCUT2D eigenvalue weighted by atomic mass is 9.65. The quantitative estimate of drug-likeness (QED) is 0.829. The van der Waals surface area contributed by atoms with Crippen molar-refractivity contribution in [3.8, 4) is 0 Å². The van der Waals surface area contributed by atoms with Gasteiger partial charge < -0.3 is 0 Å². The molecule has 90 valence electrons. The average Bonchev–Trinajstić information content (AvgIpc) is 2.56. The lowest BCUT2D eigenvalue weighted by Crippen LogP contribution is -2.35. The molecule has 0 atom stereocenters. The fourth-order valence-corrected chi connectivity index (χ4v) is 3.06. The Balaban J connectivity index is 2.25. The Morgan fingerprint density at radius 3 is 2.76 bits per heavy atom. The molecule has 0 aromatic carbocycles. The Kier molecular flexibility index (Phi) is 2.56. The van der Waals surface area contributed by atoms with Gasteiger partial charge in [0.05, 0.1) is 16.9 Å². The normalized spacial score (nSPS) is 18.3. The van der Waals surface area contributed by atoms with Gasteiger partial charge in [0.15, 0.2) is 0 Å². The highest BCUT2D eigenvalue weighted by Crippen LogP contribution is 2.47. The smallest absolute Gasteiger partial charge is 0.231 e. The van der Waals surface area contributed by atoms with Gasteiger partial charge >= 0.3 is 0 Å². The van der Waals surface area contributed by atoms with Crippen molar-refractivity contribution >= 4 is 28.7 Å². The van der Waals surface area contributed by atoms with Gasteiger partial charge in [0.2, 0.25) is 5.28 Å². The molecule has 0 bridgehead atoms. The van der Waals surface area contributed by atoms with Crippen LogP contribution in [0.25, 0.3) is 5.52 Å². The number of halogens is 2. The molecule has 3 rings (SSSR count). The third-order valence-corrected chi connectivity index (χ3v) is 4.45. The molecule has 2 aromatic rings. The van der Waals surface area contributed by atoms with Crippen LogP contribution < -0.4 is 0 Å². The lowest BCUT2D eigenvalue weighted by molar-refractivity contribution is 0.224. The van der Waals surface area contributed by atoms with Gasteiger partial charge in [0, 0.05) is 5.41 Å². The highest BCUT2D eigenvalue weighted by Gasteiger charge is 2.39. The standard InChI is InChI=1S/C12H13Cl2N3/c1-2-12(4-3-5-12)10-6-8(13)9-7-15-11(14)16-17(9)10/h6-7H,2-5H2,1H3. The first-order valence-corrected chi connectivity index (χ1v) is 6.62. The van der Waals surface area contributed by atoms with Crippen molar-refractivity contribution in [2.75, 3.05) is 0 Å². The number of fused-ring (bicyclic) bond motifs is 1. The molecule has 2 heterocycles. The Hall–Kier alpha value is -0.800. The molecule has 0 radical (unpaired) electrons. The van der Waals surface area contributed by atoms with Gasteiger partial charge in [-0.25, -0.2) is 9.50 Å². The first-order valence-electron chi connectivity index (χ1n) is 5.86. The van der Waals surface area contributed by atoms with Crippen LogP contribution in [0.1, 0.15) is 38.3 Å². The van der Waals surface area contributed by atoms with E-state index >= 15 is 0 Å². The number of hydrogen-bond donors (Lipinski definition) is 0. The second kappa shape index (κ2) is 3.85. The molecule has 0 unspecified atom stereocenters. The monoisotopic (exact) mass is 269 g/mol. The predicted octanol–water partition coefficient (Wildman–Crippen LogP) is 3.87. The number of nitrogens with zero attached hydrogens (tertiary/aromatic N) is 3. The van der Waals surface area contributed by atoms with E-state index in [9.17, 15) is 0 Å². The molecule has 0 spiro atoms. The summed E-state index contributed by atoms with van der Waals surface area (Å²) in [6, 6.07) is 2.02. The molecule has 1 fully saturated rings. The number of rotatable bonds is 2. The maximum atomic E-state index is 6.23. The summed E-state index contributed by atoms with van der Waals surface area (Å²) in [4.78, 5) is 3.98. The fraction of sp³-hybridized carbons (Fsp3) is 0.500. The summed E-state index contributed by atoms with van der Waals surface area (Å²) in [6.45, 7) is 2.22. The van der Waals surface area contributed by atoms with Crippen molar-refractivity contribution in [1.29, 1.82) is 0 Å². The van der Waals surface area contributed by atoms with Crippen molar-refractivity contribution in [3.05, 3.63) is 28.3 Å². The molecule has 5 heteroatoms. The van der Waals surface area contributed by atoms with Crippen LogP contribution in [-0.4, -0.2) is 14.6 Å². The number of aromatic nitrogens is 3. The third kappa shape index (κ3) is 1.56. The van der Waals surface area contributed by atoms with Crippen LogP contribution in [0.2, 0.25) is 10.3 Å². The topological polar surface area (TPSA) is 30.2 Å². The SMILES string of the molecule is CCC1(c2cc(Cl)c3cnc(Cl)nn23)CCC1. The lowest BCUT2D eigenvalue weighted by Gasteiger charge is -2.40. The minimum absolute atomic E-state index is 0.230. The molecule has 0 amide bonds. The zero-order chi connectivity index (χ0) is 12.0. The highest BCUT2D eigenvalue weighted by atomic mass is 35.5. The van der Waals surface area contributed by atoms with Crippen LogP contribution >= 0.6 is 23.2 Å². The summed E-state index contributed by atoms with van der Waals surface area (Å²) in [5.74, 6) is 0. The zero-order valence-electron chi connectivity index (χ0n) is 9.58. The van der Waals surface area contributed by atoms with Gasteiger partial charge in [-0.3, -0.25) is 0 Å². The summed E-state index contributed by atoms with van der Waals surface area (Å²) in [5, 5.41) is 5.24. The first-order chi connectivity index (χ1) is 8.16. The van der Waals surface area contributed by atoms with Gasteiger partial charge in [-0.1, -0.05) is 24.9 Å². The summed E-state index contributed by atoms with van der Waals surface area (Å²) >= 11 is 12.1. The van der Waals surface area contributed by atoms with E-state index in [0.717, 1.165) is 11.9 Å². The first kappa shape index (κ1) is 11.3. The molecule has 0 aliphatic heterocycles. The molecule has 3 nitrogen and oxygen atoms in total. The van der Waals surface area contributed by atoms with Crippen LogP contribution in [-0.2, 0) is 5.41 Å². The van der Waals surface area contributed by atoms with E-state index < -0.39 is 0 Å². The molecular formula is C12H13Cl2N3.